The first kappa shape index (κ1) is 21.3. The molecule has 0 atom stereocenters. The highest BCUT2D eigenvalue weighted by atomic mass is 16.1. The van der Waals surface area contributed by atoms with Crippen molar-refractivity contribution in [3.05, 3.63) is 95.3 Å². The van der Waals surface area contributed by atoms with Gasteiger partial charge in [-0.05, 0) is 62.0 Å². The van der Waals surface area contributed by atoms with E-state index in [0.717, 1.165) is 38.2 Å². The largest absolute Gasteiger partial charge is 0.268 e. The van der Waals surface area contributed by atoms with E-state index >= 15 is 0 Å². The molecule has 2 aromatic heterocycles. The second-order valence-corrected chi connectivity index (χ2v) is 8.35. The fraction of sp³-hybridized carbons (Fsp3) is 0.125. The van der Waals surface area contributed by atoms with Gasteiger partial charge in [0.1, 0.15) is 5.65 Å². The molecule has 35 heavy (non-hydrogen) atoms. The summed E-state index contributed by atoms with van der Waals surface area (Å²) in [5.41, 5.74) is 2.44. The summed E-state index contributed by atoms with van der Waals surface area (Å²) < 4.78 is 1.77. The highest BCUT2D eigenvalue weighted by molar-refractivity contribution is 6.37. The molecule has 3 nitrogen and oxygen atoms in total. The average Bonchev–Trinajstić information content (AvgIpc) is 3.33. The number of hydrogen-bond acceptors (Lipinski definition) is 2. The van der Waals surface area contributed by atoms with Crippen LogP contribution in [0.1, 0.15) is 27.7 Å². The lowest BCUT2D eigenvalue weighted by Gasteiger charge is -2.16. The molecule has 0 N–H and O–H groups in total. The van der Waals surface area contributed by atoms with E-state index in [-0.39, 0.29) is 5.56 Å². The van der Waals surface area contributed by atoms with Crippen molar-refractivity contribution in [1.82, 2.24) is 9.38 Å². The summed E-state index contributed by atoms with van der Waals surface area (Å²) in [6.45, 7) is 8.00. The van der Waals surface area contributed by atoms with E-state index in [9.17, 15) is 4.79 Å². The lowest BCUT2D eigenvalue weighted by atomic mass is 9.88. The zero-order chi connectivity index (χ0) is 24.3. The van der Waals surface area contributed by atoms with E-state index in [1.807, 2.05) is 58.0 Å². The maximum absolute atomic E-state index is 13.7. The van der Waals surface area contributed by atoms with Gasteiger partial charge in [0.15, 0.2) is 0 Å². The quantitative estimate of drug-likeness (QED) is 0.170. The first-order valence-electron chi connectivity index (χ1n) is 12.5. The summed E-state index contributed by atoms with van der Waals surface area (Å²) in [4.78, 5) is 18.5. The van der Waals surface area contributed by atoms with Crippen molar-refractivity contribution in [2.75, 3.05) is 0 Å². The summed E-state index contributed by atoms with van der Waals surface area (Å²) in [5, 5.41) is 11.3. The average molecular weight is 455 g/mol. The van der Waals surface area contributed by atoms with Crippen LogP contribution in [0, 0.1) is 0 Å². The Hall–Kier alpha value is -4.24. The van der Waals surface area contributed by atoms with Gasteiger partial charge in [-0.2, -0.15) is 0 Å². The topological polar surface area (TPSA) is 34.4 Å². The predicted molar refractivity (Wildman–Crippen MR) is 152 cm³/mol. The summed E-state index contributed by atoms with van der Waals surface area (Å²) in [6, 6.07) is 29.3. The van der Waals surface area contributed by atoms with Crippen LogP contribution >= 0.6 is 0 Å². The highest BCUT2D eigenvalue weighted by Crippen LogP contribution is 2.43. The molecule has 0 amide bonds. The predicted octanol–water partition coefficient (Wildman–Crippen LogP) is 8.54. The lowest BCUT2D eigenvalue weighted by molar-refractivity contribution is 1.19. The molecule has 6 aromatic carbocycles. The fourth-order valence-corrected chi connectivity index (χ4v) is 5.63. The Morgan fingerprint density at radius 1 is 0.543 bits per heavy atom. The molecule has 170 valence electrons. The molecule has 0 saturated carbocycles. The molecule has 0 aliphatic carbocycles. The molecule has 0 spiro atoms. The van der Waals surface area contributed by atoms with Crippen LogP contribution < -0.4 is 5.56 Å². The number of para-hydroxylation sites is 2. The van der Waals surface area contributed by atoms with E-state index < -0.39 is 0 Å². The normalized spacial score (nSPS) is 11.5. The third-order valence-electron chi connectivity index (χ3n) is 6.88. The zero-order valence-electron chi connectivity index (χ0n) is 20.4. The van der Waals surface area contributed by atoms with E-state index in [2.05, 4.69) is 54.6 Å². The second-order valence-electron chi connectivity index (χ2n) is 8.35. The third kappa shape index (κ3) is 2.67. The highest BCUT2D eigenvalue weighted by Gasteiger charge is 2.20. The molecular weight excluding hydrogens is 428 g/mol. The number of rotatable bonds is 0. The van der Waals surface area contributed by atoms with Gasteiger partial charge in [0.25, 0.3) is 5.56 Å². The van der Waals surface area contributed by atoms with Gasteiger partial charge in [-0.15, -0.1) is 0 Å². The Bertz CT molecular complexity index is 2020. The van der Waals surface area contributed by atoms with Crippen LogP contribution in [0.25, 0.3) is 70.5 Å². The van der Waals surface area contributed by atoms with Gasteiger partial charge in [-0.1, -0.05) is 88.4 Å². The first-order chi connectivity index (χ1) is 17.3. The molecule has 0 radical (unpaired) electrons. The van der Waals surface area contributed by atoms with Gasteiger partial charge in [0.05, 0.1) is 11.0 Å². The number of imidazole rings is 1. The fourth-order valence-electron chi connectivity index (χ4n) is 5.63. The van der Waals surface area contributed by atoms with Crippen molar-refractivity contribution in [2.24, 2.45) is 0 Å². The van der Waals surface area contributed by atoms with E-state index in [4.69, 9.17) is 4.98 Å². The van der Waals surface area contributed by atoms with Crippen molar-refractivity contribution in [1.29, 1.82) is 0 Å². The number of benzene rings is 6. The number of aromatic nitrogens is 2. The molecule has 0 saturated heterocycles. The minimum absolute atomic E-state index is 0.00281. The smallest absolute Gasteiger partial charge is 0.264 e. The molecule has 8 aromatic rings. The number of fused-ring (bicyclic) bond motifs is 6. The maximum Gasteiger partial charge on any atom is 0.264 e. The molecular formula is C32H26N2O. The summed E-state index contributed by atoms with van der Waals surface area (Å²) >= 11 is 0. The Labute approximate surface area is 202 Å². The van der Waals surface area contributed by atoms with E-state index in [1.54, 1.807) is 4.40 Å². The van der Waals surface area contributed by atoms with Crippen molar-refractivity contribution >= 4 is 70.5 Å². The maximum atomic E-state index is 13.7. The van der Waals surface area contributed by atoms with Crippen molar-refractivity contribution in [3.8, 4) is 0 Å². The number of hydrogen-bond donors (Lipinski definition) is 0. The Kier molecular flexibility index (Phi) is 4.82. The van der Waals surface area contributed by atoms with Gasteiger partial charge in [-0.25, -0.2) is 4.98 Å². The van der Waals surface area contributed by atoms with Crippen molar-refractivity contribution in [3.63, 3.8) is 0 Å². The van der Waals surface area contributed by atoms with Crippen LogP contribution in [0.15, 0.2) is 89.7 Å². The van der Waals surface area contributed by atoms with Gasteiger partial charge in [-0.3, -0.25) is 9.20 Å². The zero-order valence-corrected chi connectivity index (χ0v) is 20.4. The van der Waals surface area contributed by atoms with Gasteiger partial charge >= 0.3 is 0 Å². The van der Waals surface area contributed by atoms with Crippen LogP contribution in [0.2, 0.25) is 0 Å². The van der Waals surface area contributed by atoms with Crippen LogP contribution in [0.5, 0.6) is 0 Å². The number of pyridine rings is 1. The minimum atomic E-state index is -0.00281. The summed E-state index contributed by atoms with van der Waals surface area (Å²) in [6.07, 6.45) is 0. The molecule has 0 unspecified atom stereocenters. The van der Waals surface area contributed by atoms with E-state index in [1.165, 1.54) is 32.3 Å². The Morgan fingerprint density at radius 2 is 1.09 bits per heavy atom. The summed E-state index contributed by atoms with van der Waals surface area (Å²) in [7, 11) is 0. The van der Waals surface area contributed by atoms with Crippen molar-refractivity contribution < 1.29 is 0 Å². The van der Waals surface area contributed by atoms with Crippen LogP contribution in [0.4, 0.5) is 0 Å². The lowest BCUT2D eigenvalue weighted by Crippen LogP contribution is -2.13. The van der Waals surface area contributed by atoms with Crippen LogP contribution in [0.3, 0.4) is 0 Å². The van der Waals surface area contributed by atoms with Crippen LogP contribution in [-0.4, -0.2) is 9.38 Å². The standard InChI is InChI=1S/C28H14N2O.2C2H6/c31-28-21-14-12-19-17-8-4-6-15-5-3-7-16(24(15)17)18-11-13-20(26(21)25(18)19)27-29-22-9-1-2-10-23(22)30(27)28;2*1-2/h1-14H;2*1-2H3. The molecule has 8 rings (SSSR count). The van der Waals surface area contributed by atoms with E-state index in [0.29, 0.717) is 0 Å². The molecule has 0 fully saturated rings. The monoisotopic (exact) mass is 454 g/mol. The first-order valence-corrected chi connectivity index (χ1v) is 12.5. The minimum Gasteiger partial charge on any atom is -0.268 e. The Morgan fingerprint density at radius 3 is 1.77 bits per heavy atom. The number of nitrogens with zero attached hydrogens (tertiary/aromatic N) is 2. The van der Waals surface area contributed by atoms with Gasteiger partial charge < -0.3 is 0 Å². The third-order valence-corrected chi connectivity index (χ3v) is 6.88. The Balaban J connectivity index is 0.000000546. The van der Waals surface area contributed by atoms with Gasteiger partial charge in [0, 0.05) is 16.2 Å². The SMILES string of the molecule is CC.CC.O=c1c2ccc3c4cccc5cccc(c6ccc(c2c36)c2nc3ccccc3n12)c54. The molecule has 3 heteroatoms. The molecule has 2 heterocycles. The molecule has 0 aliphatic heterocycles. The van der Waals surface area contributed by atoms with Crippen LogP contribution in [-0.2, 0) is 0 Å². The molecule has 0 bridgehead atoms. The molecule has 0 aliphatic rings. The van der Waals surface area contributed by atoms with Crippen molar-refractivity contribution in [2.45, 2.75) is 27.7 Å². The van der Waals surface area contributed by atoms with Gasteiger partial charge in [0.2, 0.25) is 0 Å². The second kappa shape index (κ2) is 7.92. The summed E-state index contributed by atoms with van der Waals surface area (Å²) in [5.74, 6) is 0.